The molecular formula is C12H21N3O. The van der Waals surface area contributed by atoms with Crippen LogP contribution in [0.2, 0.25) is 0 Å². The van der Waals surface area contributed by atoms with E-state index >= 15 is 0 Å². The zero-order valence-electron chi connectivity index (χ0n) is 9.89. The summed E-state index contributed by atoms with van der Waals surface area (Å²) in [4.78, 5) is 0. The Morgan fingerprint density at radius 3 is 2.81 bits per heavy atom. The highest BCUT2D eigenvalue weighted by atomic mass is 16.3. The Hall–Kier alpha value is -0.870. The highest BCUT2D eigenvalue weighted by Crippen LogP contribution is 2.18. The Morgan fingerprint density at radius 1 is 1.44 bits per heavy atom. The molecule has 0 aromatic carbocycles. The first kappa shape index (κ1) is 11.6. The van der Waals surface area contributed by atoms with Crippen LogP contribution in [0.1, 0.15) is 31.4 Å². The molecule has 0 saturated heterocycles. The van der Waals surface area contributed by atoms with E-state index in [1.807, 2.05) is 17.9 Å². The maximum Gasteiger partial charge on any atom is 0.0541 e. The zero-order valence-corrected chi connectivity index (χ0v) is 9.89. The van der Waals surface area contributed by atoms with Crippen molar-refractivity contribution in [3.05, 3.63) is 18.0 Å². The van der Waals surface area contributed by atoms with Crippen molar-refractivity contribution < 1.29 is 5.11 Å². The molecule has 0 amide bonds. The number of aryl methyl sites for hydroxylation is 1. The number of aliphatic hydroxyl groups excluding tert-OH is 1. The fourth-order valence-electron chi connectivity index (χ4n) is 2.33. The van der Waals surface area contributed by atoms with E-state index in [1.54, 1.807) is 0 Å². The smallest absolute Gasteiger partial charge is 0.0541 e. The first-order valence-electron chi connectivity index (χ1n) is 6.14. The topological polar surface area (TPSA) is 50.1 Å². The van der Waals surface area contributed by atoms with Crippen LogP contribution >= 0.6 is 0 Å². The molecule has 1 fully saturated rings. The van der Waals surface area contributed by atoms with Gasteiger partial charge in [0.05, 0.1) is 6.10 Å². The molecule has 4 heteroatoms. The summed E-state index contributed by atoms with van der Waals surface area (Å²) >= 11 is 0. The highest BCUT2D eigenvalue weighted by molar-refractivity contribution is 5.00. The van der Waals surface area contributed by atoms with E-state index in [1.165, 1.54) is 5.69 Å². The highest BCUT2D eigenvalue weighted by Gasteiger charge is 2.18. The van der Waals surface area contributed by atoms with Gasteiger partial charge in [0.2, 0.25) is 0 Å². The average molecular weight is 223 g/mol. The van der Waals surface area contributed by atoms with Crippen LogP contribution < -0.4 is 5.32 Å². The molecule has 0 bridgehead atoms. The Bertz CT molecular complexity index is 316. The molecule has 1 heterocycles. The van der Waals surface area contributed by atoms with Gasteiger partial charge >= 0.3 is 0 Å². The van der Waals surface area contributed by atoms with Crippen LogP contribution in [-0.2, 0) is 13.5 Å². The predicted octanol–water partition coefficient (Wildman–Crippen LogP) is 0.856. The molecule has 0 spiro atoms. The van der Waals surface area contributed by atoms with Gasteiger partial charge in [-0.25, -0.2) is 0 Å². The van der Waals surface area contributed by atoms with Crippen molar-refractivity contribution in [2.45, 2.75) is 44.2 Å². The molecule has 4 nitrogen and oxygen atoms in total. The molecular weight excluding hydrogens is 202 g/mol. The second kappa shape index (κ2) is 5.46. The lowest BCUT2D eigenvalue weighted by Gasteiger charge is -2.26. The summed E-state index contributed by atoms with van der Waals surface area (Å²) < 4.78 is 1.92. The van der Waals surface area contributed by atoms with Crippen molar-refractivity contribution in [3.8, 4) is 0 Å². The van der Waals surface area contributed by atoms with Crippen LogP contribution in [0.4, 0.5) is 0 Å². The summed E-state index contributed by atoms with van der Waals surface area (Å²) in [5.74, 6) is 0. The molecule has 1 saturated carbocycles. The normalized spacial score (nSPS) is 25.9. The molecule has 16 heavy (non-hydrogen) atoms. The average Bonchev–Trinajstić information content (AvgIpc) is 2.68. The SMILES string of the molecule is Cn1nccc1CCNC1CCC(O)CC1. The van der Waals surface area contributed by atoms with Crippen LogP contribution in [0.5, 0.6) is 0 Å². The first-order valence-corrected chi connectivity index (χ1v) is 6.14. The Kier molecular flexibility index (Phi) is 3.96. The van der Waals surface area contributed by atoms with Crippen molar-refractivity contribution in [2.24, 2.45) is 7.05 Å². The quantitative estimate of drug-likeness (QED) is 0.796. The van der Waals surface area contributed by atoms with E-state index in [4.69, 9.17) is 0 Å². The summed E-state index contributed by atoms with van der Waals surface area (Å²) in [6.07, 6.45) is 6.91. The lowest BCUT2D eigenvalue weighted by Crippen LogP contribution is -2.35. The fourth-order valence-corrected chi connectivity index (χ4v) is 2.33. The summed E-state index contributed by atoms with van der Waals surface area (Å²) in [5, 5.41) is 17.1. The van der Waals surface area contributed by atoms with E-state index in [2.05, 4.69) is 16.5 Å². The van der Waals surface area contributed by atoms with Gasteiger partial charge in [0.15, 0.2) is 0 Å². The molecule has 0 aliphatic heterocycles. The van der Waals surface area contributed by atoms with E-state index in [0.29, 0.717) is 6.04 Å². The third-order valence-electron chi connectivity index (χ3n) is 3.43. The lowest BCUT2D eigenvalue weighted by atomic mass is 9.93. The number of nitrogens with one attached hydrogen (secondary N) is 1. The molecule has 0 unspecified atom stereocenters. The van der Waals surface area contributed by atoms with Crippen LogP contribution in [0.3, 0.4) is 0 Å². The van der Waals surface area contributed by atoms with Crippen molar-refractivity contribution in [1.82, 2.24) is 15.1 Å². The monoisotopic (exact) mass is 223 g/mol. The Morgan fingerprint density at radius 2 is 2.19 bits per heavy atom. The second-order valence-electron chi connectivity index (χ2n) is 4.66. The summed E-state index contributed by atoms with van der Waals surface area (Å²) in [6, 6.07) is 2.66. The predicted molar refractivity (Wildman–Crippen MR) is 63.2 cm³/mol. The van der Waals surface area contributed by atoms with Gasteiger partial charge in [-0.3, -0.25) is 4.68 Å². The molecule has 2 rings (SSSR count). The lowest BCUT2D eigenvalue weighted by molar-refractivity contribution is 0.117. The third kappa shape index (κ3) is 3.06. The van der Waals surface area contributed by atoms with Crippen LogP contribution in [-0.4, -0.2) is 33.6 Å². The molecule has 1 aromatic rings. The maximum atomic E-state index is 9.40. The first-order chi connectivity index (χ1) is 7.75. The van der Waals surface area contributed by atoms with Gasteiger partial charge in [0, 0.05) is 37.9 Å². The van der Waals surface area contributed by atoms with E-state index in [-0.39, 0.29) is 6.10 Å². The van der Waals surface area contributed by atoms with Gasteiger partial charge in [0.25, 0.3) is 0 Å². The van der Waals surface area contributed by atoms with Crippen molar-refractivity contribution in [2.75, 3.05) is 6.54 Å². The molecule has 0 radical (unpaired) electrons. The van der Waals surface area contributed by atoms with Gasteiger partial charge in [-0.1, -0.05) is 0 Å². The number of aliphatic hydroxyl groups is 1. The number of nitrogens with zero attached hydrogens (tertiary/aromatic N) is 2. The molecule has 1 aromatic heterocycles. The minimum absolute atomic E-state index is 0.0601. The van der Waals surface area contributed by atoms with E-state index in [0.717, 1.165) is 38.6 Å². The van der Waals surface area contributed by atoms with Crippen LogP contribution in [0, 0.1) is 0 Å². The third-order valence-corrected chi connectivity index (χ3v) is 3.43. The summed E-state index contributed by atoms with van der Waals surface area (Å²) in [5.41, 5.74) is 1.27. The van der Waals surface area contributed by atoms with E-state index < -0.39 is 0 Å². The van der Waals surface area contributed by atoms with Gasteiger partial charge in [-0.2, -0.15) is 5.10 Å². The van der Waals surface area contributed by atoms with Crippen molar-refractivity contribution in [3.63, 3.8) is 0 Å². The van der Waals surface area contributed by atoms with Crippen molar-refractivity contribution in [1.29, 1.82) is 0 Å². The number of rotatable bonds is 4. The maximum absolute atomic E-state index is 9.40. The number of hydrogen-bond donors (Lipinski definition) is 2. The summed E-state index contributed by atoms with van der Waals surface area (Å²) in [6.45, 7) is 1.00. The minimum atomic E-state index is -0.0601. The molecule has 2 N–H and O–H groups in total. The largest absolute Gasteiger partial charge is 0.393 e. The van der Waals surface area contributed by atoms with Gasteiger partial charge in [-0.15, -0.1) is 0 Å². The van der Waals surface area contributed by atoms with Crippen LogP contribution in [0.25, 0.3) is 0 Å². The fraction of sp³-hybridized carbons (Fsp3) is 0.750. The van der Waals surface area contributed by atoms with Gasteiger partial charge in [0.1, 0.15) is 0 Å². The van der Waals surface area contributed by atoms with Gasteiger partial charge in [-0.05, 0) is 31.7 Å². The van der Waals surface area contributed by atoms with E-state index in [9.17, 15) is 5.11 Å². The van der Waals surface area contributed by atoms with Gasteiger partial charge < -0.3 is 10.4 Å². The molecule has 90 valence electrons. The Balaban J connectivity index is 1.67. The number of aromatic nitrogens is 2. The number of hydrogen-bond acceptors (Lipinski definition) is 3. The summed E-state index contributed by atoms with van der Waals surface area (Å²) in [7, 11) is 1.98. The second-order valence-corrected chi connectivity index (χ2v) is 4.66. The van der Waals surface area contributed by atoms with Crippen LogP contribution in [0.15, 0.2) is 12.3 Å². The van der Waals surface area contributed by atoms with Crippen molar-refractivity contribution >= 4 is 0 Å². The Labute approximate surface area is 96.7 Å². The zero-order chi connectivity index (χ0) is 11.4. The minimum Gasteiger partial charge on any atom is -0.393 e. The standard InChI is InChI=1S/C12H21N3O/c1-15-11(7-9-14-15)6-8-13-10-2-4-12(16)5-3-10/h7,9-10,12-13,16H,2-6,8H2,1H3. The molecule has 0 atom stereocenters. The molecule has 1 aliphatic rings. The molecule has 1 aliphatic carbocycles.